The van der Waals surface area contributed by atoms with Crippen molar-refractivity contribution in [3.05, 3.63) is 114 Å². The van der Waals surface area contributed by atoms with Gasteiger partial charge in [-0.2, -0.15) is 0 Å². The predicted octanol–water partition coefficient (Wildman–Crippen LogP) is 9.01. The predicted molar refractivity (Wildman–Crippen MR) is 141 cm³/mol. The van der Waals surface area contributed by atoms with Gasteiger partial charge in [0.1, 0.15) is 0 Å². The lowest BCUT2D eigenvalue weighted by Gasteiger charge is -2.11. The van der Waals surface area contributed by atoms with E-state index in [9.17, 15) is 0 Å². The van der Waals surface area contributed by atoms with Crippen molar-refractivity contribution in [2.24, 2.45) is 0 Å². The number of benzene rings is 6. The van der Waals surface area contributed by atoms with E-state index in [1.807, 2.05) is 0 Å². The van der Waals surface area contributed by atoms with Gasteiger partial charge < -0.3 is 4.57 Å². The van der Waals surface area contributed by atoms with Gasteiger partial charge in [-0.3, -0.25) is 0 Å². The Labute approximate surface area is 193 Å². The van der Waals surface area contributed by atoms with Gasteiger partial charge in [-0.05, 0) is 62.6 Å². The second-order valence-corrected chi connectivity index (χ2v) is 9.29. The van der Waals surface area contributed by atoms with Crippen molar-refractivity contribution in [2.75, 3.05) is 0 Å². The van der Waals surface area contributed by atoms with Gasteiger partial charge in [-0.1, -0.05) is 94.8 Å². The summed E-state index contributed by atoms with van der Waals surface area (Å²) in [4.78, 5) is 0. The first-order chi connectivity index (χ1) is 15.8. The van der Waals surface area contributed by atoms with E-state index in [2.05, 4.69) is 130 Å². The largest absolute Gasteiger partial charge is 0.309 e. The van der Waals surface area contributed by atoms with Gasteiger partial charge in [-0.25, -0.2) is 0 Å². The molecule has 0 bridgehead atoms. The SMILES string of the molecule is Brc1ccc2c3c4ccccc4ccc3n(-c3ccc4ccc5ccccc5c4c3)c2c1. The quantitative estimate of drug-likeness (QED) is 0.210. The van der Waals surface area contributed by atoms with Crippen LogP contribution >= 0.6 is 15.9 Å². The molecule has 0 amide bonds. The summed E-state index contributed by atoms with van der Waals surface area (Å²) in [5.41, 5.74) is 3.63. The Morgan fingerprint density at radius 2 is 1.12 bits per heavy atom. The van der Waals surface area contributed by atoms with Crippen LogP contribution in [0.4, 0.5) is 0 Å². The van der Waals surface area contributed by atoms with Crippen LogP contribution in [-0.4, -0.2) is 4.57 Å². The minimum absolute atomic E-state index is 1.09. The standard InChI is InChI=1S/C30H18BrN/c31-22-13-15-26-29(17-22)32(28-16-12-20-6-2-4-8-25(20)30(26)28)23-14-11-21-10-9-19-5-1-3-7-24(19)27(21)18-23/h1-18H. The van der Waals surface area contributed by atoms with E-state index in [-0.39, 0.29) is 0 Å². The highest BCUT2D eigenvalue weighted by Gasteiger charge is 2.15. The maximum atomic E-state index is 3.71. The highest BCUT2D eigenvalue weighted by Crippen LogP contribution is 2.38. The number of rotatable bonds is 1. The minimum Gasteiger partial charge on any atom is -0.309 e. The third-order valence-electron chi connectivity index (χ3n) is 6.61. The first-order valence-electron chi connectivity index (χ1n) is 10.8. The molecule has 7 rings (SSSR count). The molecule has 150 valence electrons. The lowest BCUT2D eigenvalue weighted by molar-refractivity contribution is 1.19. The molecule has 0 N–H and O–H groups in total. The Morgan fingerprint density at radius 3 is 1.97 bits per heavy atom. The van der Waals surface area contributed by atoms with Gasteiger partial charge in [0.2, 0.25) is 0 Å². The van der Waals surface area contributed by atoms with Gasteiger partial charge in [-0.15, -0.1) is 0 Å². The summed E-state index contributed by atoms with van der Waals surface area (Å²) in [5, 5.41) is 10.3. The summed E-state index contributed by atoms with van der Waals surface area (Å²) >= 11 is 3.71. The van der Waals surface area contributed by atoms with Crippen molar-refractivity contribution in [1.82, 2.24) is 4.57 Å². The van der Waals surface area contributed by atoms with E-state index >= 15 is 0 Å². The number of aromatic nitrogens is 1. The Morgan fingerprint density at radius 1 is 0.469 bits per heavy atom. The monoisotopic (exact) mass is 471 g/mol. The molecule has 2 heteroatoms. The molecule has 6 aromatic carbocycles. The first kappa shape index (κ1) is 18.0. The molecule has 0 unspecified atom stereocenters. The molecular formula is C30H18BrN. The van der Waals surface area contributed by atoms with Crippen molar-refractivity contribution in [2.45, 2.75) is 0 Å². The van der Waals surface area contributed by atoms with Gasteiger partial charge in [0.05, 0.1) is 11.0 Å². The van der Waals surface area contributed by atoms with Crippen molar-refractivity contribution in [3.63, 3.8) is 0 Å². The molecule has 0 aliphatic rings. The van der Waals surface area contributed by atoms with Gasteiger partial charge in [0.15, 0.2) is 0 Å². The third-order valence-corrected chi connectivity index (χ3v) is 7.10. The van der Waals surface area contributed by atoms with Gasteiger partial charge >= 0.3 is 0 Å². The van der Waals surface area contributed by atoms with Crippen LogP contribution in [0.25, 0.3) is 59.8 Å². The lowest BCUT2D eigenvalue weighted by atomic mass is 10.0. The van der Waals surface area contributed by atoms with Crippen LogP contribution < -0.4 is 0 Å². The molecule has 32 heavy (non-hydrogen) atoms. The number of hydrogen-bond acceptors (Lipinski definition) is 0. The van der Waals surface area contributed by atoms with Crippen LogP contribution in [0.2, 0.25) is 0 Å². The first-order valence-corrected chi connectivity index (χ1v) is 11.6. The highest BCUT2D eigenvalue weighted by molar-refractivity contribution is 9.10. The fraction of sp³-hybridized carbons (Fsp3) is 0. The van der Waals surface area contributed by atoms with Crippen LogP contribution in [0.15, 0.2) is 114 Å². The summed E-state index contributed by atoms with van der Waals surface area (Å²) < 4.78 is 3.49. The molecule has 0 saturated carbocycles. The van der Waals surface area contributed by atoms with Crippen LogP contribution in [0, 0.1) is 0 Å². The van der Waals surface area contributed by atoms with Crippen molar-refractivity contribution in [1.29, 1.82) is 0 Å². The summed E-state index contributed by atoms with van der Waals surface area (Å²) in [6.45, 7) is 0. The summed E-state index contributed by atoms with van der Waals surface area (Å²) in [6, 6.07) is 39.7. The molecule has 1 aromatic heterocycles. The molecule has 1 heterocycles. The van der Waals surface area contributed by atoms with E-state index in [1.54, 1.807) is 0 Å². The second kappa shape index (κ2) is 6.69. The Balaban J connectivity index is 1.66. The molecule has 0 saturated heterocycles. The molecule has 0 radical (unpaired) electrons. The summed E-state index contributed by atoms with van der Waals surface area (Å²) in [7, 11) is 0. The Hall–Kier alpha value is -3.62. The second-order valence-electron chi connectivity index (χ2n) is 8.37. The zero-order valence-corrected chi connectivity index (χ0v) is 18.8. The van der Waals surface area contributed by atoms with Crippen molar-refractivity contribution in [3.8, 4) is 5.69 Å². The van der Waals surface area contributed by atoms with E-state index in [0.29, 0.717) is 0 Å². The maximum Gasteiger partial charge on any atom is 0.0552 e. The molecule has 0 atom stereocenters. The maximum absolute atomic E-state index is 3.71. The topological polar surface area (TPSA) is 4.93 Å². The van der Waals surface area contributed by atoms with Gasteiger partial charge in [0, 0.05) is 20.9 Å². The molecule has 7 aromatic rings. The number of hydrogen-bond donors (Lipinski definition) is 0. The molecule has 0 aliphatic heterocycles. The molecular weight excluding hydrogens is 454 g/mol. The molecule has 1 nitrogen and oxygen atoms in total. The van der Waals surface area contributed by atoms with E-state index in [4.69, 9.17) is 0 Å². The zero-order chi connectivity index (χ0) is 21.2. The minimum atomic E-state index is 1.09. The lowest BCUT2D eigenvalue weighted by Crippen LogP contribution is -1.94. The fourth-order valence-electron chi connectivity index (χ4n) is 5.17. The van der Waals surface area contributed by atoms with Crippen LogP contribution in [0.5, 0.6) is 0 Å². The zero-order valence-electron chi connectivity index (χ0n) is 17.2. The Kier molecular flexibility index (Phi) is 3.76. The van der Waals surface area contributed by atoms with E-state index in [0.717, 1.165) is 4.47 Å². The summed E-state index contributed by atoms with van der Waals surface area (Å²) in [5.74, 6) is 0. The molecule has 0 fully saturated rings. The number of fused-ring (bicyclic) bond motifs is 8. The number of nitrogens with zero attached hydrogens (tertiary/aromatic N) is 1. The fourth-order valence-corrected chi connectivity index (χ4v) is 5.52. The molecule has 0 spiro atoms. The number of halogens is 1. The molecule has 0 aliphatic carbocycles. The highest BCUT2D eigenvalue weighted by atomic mass is 79.9. The normalized spacial score (nSPS) is 11.9. The van der Waals surface area contributed by atoms with Crippen molar-refractivity contribution >= 4 is 70.1 Å². The van der Waals surface area contributed by atoms with Crippen LogP contribution in [0.3, 0.4) is 0 Å². The average molecular weight is 472 g/mol. The van der Waals surface area contributed by atoms with Crippen LogP contribution in [0.1, 0.15) is 0 Å². The van der Waals surface area contributed by atoms with E-state index in [1.165, 1.54) is 59.8 Å². The van der Waals surface area contributed by atoms with Crippen molar-refractivity contribution < 1.29 is 0 Å². The van der Waals surface area contributed by atoms with E-state index < -0.39 is 0 Å². The Bertz CT molecular complexity index is 1840. The third kappa shape index (κ3) is 2.50. The van der Waals surface area contributed by atoms with Gasteiger partial charge in [0.25, 0.3) is 0 Å². The smallest absolute Gasteiger partial charge is 0.0552 e. The van der Waals surface area contributed by atoms with Crippen LogP contribution in [-0.2, 0) is 0 Å². The summed E-state index contributed by atoms with van der Waals surface area (Å²) in [6.07, 6.45) is 0. The average Bonchev–Trinajstić information content (AvgIpc) is 3.17.